The van der Waals surface area contributed by atoms with Crippen molar-refractivity contribution in [3.63, 3.8) is 0 Å². The van der Waals surface area contributed by atoms with E-state index in [2.05, 4.69) is 58.1 Å². The Bertz CT molecular complexity index is 1790. The second-order valence-corrected chi connectivity index (χ2v) is 11.8. The van der Waals surface area contributed by atoms with Crippen LogP contribution in [-0.2, 0) is 11.3 Å². The van der Waals surface area contributed by atoms with Crippen molar-refractivity contribution in [2.75, 3.05) is 18.9 Å². The zero-order valence-corrected chi connectivity index (χ0v) is 25.5. The van der Waals surface area contributed by atoms with Gasteiger partial charge in [-0.2, -0.15) is 5.26 Å². The number of hydrogen-bond acceptors (Lipinski definition) is 7. The number of aliphatic imine (C=N–C) groups is 1. The highest BCUT2D eigenvalue weighted by Crippen LogP contribution is 2.46. The summed E-state index contributed by atoms with van der Waals surface area (Å²) in [6.07, 6.45) is 0. The predicted octanol–water partition coefficient (Wildman–Crippen LogP) is 8.27. The Labute approximate surface area is 260 Å². The van der Waals surface area contributed by atoms with Crippen LogP contribution in [0.3, 0.4) is 0 Å². The summed E-state index contributed by atoms with van der Waals surface area (Å²) in [6.45, 7) is 3.12. The smallest absolute Gasteiger partial charge is 0.269 e. The van der Waals surface area contributed by atoms with Gasteiger partial charge in [-0.15, -0.1) is 0 Å². The number of nitrogens with one attached hydrogen (secondary N) is 1. The lowest BCUT2D eigenvalue weighted by molar-refractivity contribution is -0.122. The zero-order chi connectivity index (χ0) is 29.8. The molecular formula is C35H29N5OS2. The van der Waals surface area contributed by atoms with E-state index in [1.54, 1.807) is 28.8 Å². The molecule has 0 bridgehead atoms. The first-order valence-electron chi connectivity index (χ1n) is 14.0. The number of rotatable bonds is 7. The van der Waals surface area contributed by atoms with Crippen LogP contribution in [0.1, 0.15) is 23.6 Å². The molecule has 0 aromatic heterocycles. The van der Waals surface area contributed by atoms with Crippen LogP contribution in [-0.4, -0.2) is 34.5 Å². The minimum Gasteiger partial charge on any atom is -0.384 e. The molecule has 0 atom stereocenters. The summed E-state index contributed by atoms with van der Waals surface area (Å²) in [4.78, 5) is 23.5. The zero-order valence-electron chi connectivity index (χ0n) is 23.8. The Morgan fingerprint density at radius 2 is 1.56 bits per heavy atom. The van der Waals surface area contributed by atoms with Gasteiger partial charge in [0.15, 0.2) is 5.17 Å². The number of nitrogens with zero attached hydrogens (tertiary/aromatic N) is 4. The number of benzene rings is 4. The number of nitriles is 1. The van der Waals surface area contributed by atoms with E-state index < -0.39 is 0 Å². The molecule has 4 aromatic carbocycles. The number of carbonyl (C=O) groups is 1. The van der Waals surface area contributed by atoms with E-state index in [9.17, 15) is 10.1 Å². The molecule has 43 heavy (non-hydrogen) atoms. The fraction of sp³-hybridized carbons (Fsp3) is 0.114. The standard InChI is InChI=1S/C35H29N5OS2/c1-3-37-29-19-14-25(21-36)20-30(29)38-35-40(22-24-10-6-4-7-11-24)33(41)32(43-35)34-39(2)31(23-42-34)28-17-15-27(16-18-28)26-12-8-5-9-13-26/h4-20,23,37H,3,22H2,1-2H3. The van der Waals surface area contributed by atoms with Crippen LogP contribution >= 0.6 is 23.5 Å². The molecule has 1 amide bonds. The van der Waals surface area contributed by atoms with Crippen molar-refractivity contribution >= 4 is 51.7 Å². The summed E-state index contributed by atoms with van der Waals surface area (Å²) in [6, 6.07) is 36.4. The number of amidine groups is 1. The SMILES string of the molecule is CCNc1ccc(C#N)cc1N=C1SC(=C2SC=C(c3ccc(-c4ccccc4)cc3)N2C)C(=O)N1Cc1ccccc1. The average molecular weight is 600 g/mol. The van der Waals surface area contributed by atoms with E-state index in [0.29, 0.717) is 34.4 Å². The molecule has 0 spiro atoms. The Kier molecular flexibility index (Phi) is 8.36. The van der Waals surface area contributed by atoms with Crippen LogP contribution in [0.4, 0.5) is 11.4 Å². The molecule has 4 aromatic rings. The molecule has 1 N–H and O–H groups in total. The van der Waals surface area contributed by atoms with Crippen LogP contribution in [0.5, 0.6) is 0 Å². The minimum absolute atomic E-state index is 0.0857. The normalized spacial score (nSPS) is 17.4. The molecule has 6 rings (SSSR count). The van der Waals surface area contributed by atoms with Gasteiger partial charge in [-0.1, -0.05) is 96.7 Å². The van der Waals surface area contributed by atoms with Gasteiger partial charge in [0.1, 0.15) is 4.91 Å². The lowest BCUT2D eigenvalue weighted by Gasteiger charge is -2.19. The monoisotopic (exact) mass is 599 g/mol. The molecule has 2 heterocycles. The Balaban J connectivity index is 1.34. The number of hydrogen-bond donors (Lipinski definition) is 1. The third-order valence-corrected chi connectivity index (χ3v) is 9.43. The lowest BCUT2D eigenvalue weighted by atomic mass is 10.0. The van der Waals surface area contributed by atoms with Crippen LogP contribution < -0.4 is 5.32 Å². The highest BCUT2D eigenvalue weighted by molar-refractivity contribution is 8.19. The van der Waals surface area contributed by atoms with Crippen molar-refractivity contribution in [1.82, 2.24) is 9.80 Å². The van der Waals surface area contributed by atoms with Crippen LogP contribution in [0, 0.1) is 11.3 Å². The first-order valence-corrected chi connectivity index (χ1v) is 15.7. The molecule has 8 heteroatoms. The number of anilines is 1. The van der Waals surface area contributed by atoms with E-state index in [0.717, 1.165) is 33.1 Å². The molecular weight excluding hydrogens is 571 g/mol. The topological polar surface area (TPSA) is 71.7 Å². The summed E-state index contributed by atoms with van der Waals surface area (Å²) >= 11 is 2.93. The number of carbonyl (C=O) groups excluding carboxylic acids is 1. The van der Waals surface area contributed by atoms with Gasteiger partial charge in [-0.25, -0.2) is 4.99 Å². The maximum absolute atomic E-state index is 14.1. The number of thioether (sulfide) groups is 2. The largest absolute Gasteiger partial charge is 0.384 e. The summed E-state index contributed by atoms with van der Waals surface area (Å²) < 4.78 is 0. The maximum Gasteiger partial charge on any atom is 0.269 e. The van der Waals surface area contributed by atoms with E-state index in [1.807, 2.05) is 68.6 Å². The molecule has 0 saturated carbocycles. The summed E-state index contributed by atoms with van der Waals surface area (Å²) in [5.74, 6) is -0.0857. The van der Waals surface area contributed by atoms with Crippen molar-refractivity contribution in [3.05, 3.63) is 135 Å². The van der Waals surface area contributed by atoms with Gasteiger partial charge < -0.3 is 10.2 Å². The quantitative estimate of drug-likeness (QED) is 0.216. The van der Waals surface area contributed by atoms with Gasteiger partial charge in [-0.05, 0) is 59.1 Å². The minimum atomic E-state index is -0.0857. The van der Waals surface area contributed by atoms with Crippen LogP contribution in [0.25, 0.3) is 16.8 Å². The Hall–Kier alpha value is -4.71. The molecule has 1 saturated heterocycles. The van der Waals surface area contributed by atoms with Crippen LogP contribution in [0.15, 0.2) is 123 Å². The van der Waals surface area contributed by atoms with E-state index in [4.69, 9.17) is 4.99 Å². The summed E-state index contributed by atoms with van der Waals surface area (Å²) in [5, 5.41) is 16.4. The van der Waals surface area contributed by atoms with Crippen molar-refractivity contribution in [3.8, 4) is 17.2 Å². The molecule has 0 aliphatic carbocycles. The lowest BCUT2D eigenvalue weighted by Crippen LogP contribution is -2.29. The highest BCUT2D eigenvalue weighted by Gasteiger charge is 2.38. The third kappa shape index (κ3) is 5.96. The molecule has 0 unspecified atom stereocenters. The first kappa shape index (κ1) is 28.4. The Morgan fingerprint density at radius 1 is 0.884 bits per heavy atom. The average Bonchev–Trinajstić information content (AvgIpc) is 3.57. The van der Waals surface area contributed by atoms with Crippen LogP contribution in [0.2, 0.25) is 0 Å². The predicted molar refractivity (Wildman–Crippen MR) is 179 cm³/mol. The maximum atomic E-state index is 14.1. The van der Waals surface area contributed by atoms with E-state index in [-0.39, 0.29) is 5.91 Å². The van der Waals surface area contributed by atoms with Gasteiger partial charge in [-0.3, -0.25) is 9.69 Å². The molecule has 6 nitrogen and oxygen atoms in total. The van der Waals surface area contributed by atoms with E-state index in [1.165, 1.54) is 17.3 Å². The molecule has 212 valence electrons. The van der Waals surface area contributed by atoms with Crippen molar-refractivity contribution in [2.24, 2.45) is 4.99 Å². The summed E-state index contributed by atoms with van der Waals surface area (Å²) in [7, 11) is 2.00. The first-order chi connectivity index (χ1) is 21.1. The van der Waals surface area contributed by atoms with Gasteiger partial charge >= 0.3 is 0 Å². The van der Waals surface area contributed by atoms with Gasteiger partial charge in [0.05, 0.1) is 40.3 Å². The van der Waals surface area contributed by atoms with Crippen molar-refractivity contribution in [1.29, 1.82) is 5.26 Å². The fourth-order valence-corrected chi connectivity index (χ4v) is 7.21. The second-order valence-electron chi connectivity index (χ2n) is 10.0. The second kappa shape index (κ2) is 12.7. The molecule has 2 aliphatic heterocycles. The number of amides is 1. The van der Waals surface area contributed by atoms with E-state index >= 15 is 0 Å². The molecule has 2 aliphatic rings. The Morgan fingerprint density at radius 3 is 2.26 bits per heavy atom. The molecule has 0 radical (unpaired) electrons. The highest BCUT2D eigenvalue weighted by atomic mass is 32.2. The van der Waals surface area contributed by atoms with Gasteiger partial charge in [0.25, 0.3) is 5.91 Å². The van der Waals surface area contributed by atoms with Crippen molar-refractivity contribution in [2.45, 2.75) is 13.5 Å². The molecule has 1 fully saturated rings. The van der Waals surface area contributed by atoms with Crippen molar-refractivity contribution < 1.29 is 4.79 Å². The van der Waals surface area contributed by atoms with Gasteiger partial charge in [0, 0.05) is 19.0 Å². The fourth-order valence-electron chi connectivity index (χ4n) is 4.97. The summed E-state index contributed by atoms with van der Waals surface area (Å²) in [5.41, 5.74) is 7.43. The third-order valence-electron chi connectivity index (χ3n) is 7.19. The van der Waals surface area contributed by atoms with Gasteiger partial charge in [0.2, 0.25) is 0 Å².